The molecule has 1 atom stereocenters. The fourth-order valence-electron chi connectivity index (χ4n) is 2.16. The number of thiocarbonyl (C=S) groups is 1. The minimum absolute atomic E-state index is 0.557. The molecule has 2 nitrogen and oxygen atoms in total. The van der Waals surface area contributed by atoms with Gasteiger partial charge in [-0.1, -0.05) is 43.6 Å². The molecule has 1 unspecified atom stereocenters. The van der Waals surface area contributed by atoms with Crippen molar-refractivity contribution in [3.8, 4) is 0 Å². The Morgan fingerprint density at radius 2 is 1.82 bits per heavy atom. The lowest BCUT2D eigenvalue weighted by atomic mass is 9.99. The van der Waals surface area contributed by atoms with Crippen molar-refractivity contribution in [1.82, 2.24) is 0 Å². The van der Waals surface area contributed by atoms with E-state index < -0.39 is 0 Å². The van der Waals surface area contributed by atoms with Crippen LogP contribution >= 0.6 is 23.8 Å². The average Bonchev–Trinajstić information content (AvgIpc) is 2.52. The van der Waals surface area contributed by atoms with E-state index >= 15 is 0 Å². The number of halogens is 1. The lowest BCUT2D eigenvalue weighted by Gasteiger charge is -2.14. The lowest BCUT2D eigenvalue weighted by molar-refractivity contribution is 0.734. The van der Waals surface area contributed by atoms with Gasteiger partial charge in [0, 0.05) is 16.4 Å². The zero-order valence-corrected chi connectivity index (χ0v) is 14.7. The molecule has 4 heteroatoms. The summed E-state index contributed by atoms with van der Waals surface area (Å²) in [5, 5.41) is 7.67. The highest BCUT2D eigenvalue weighted by molar-refractivity contribution is 7.80. The van der Waals surface area contributed by atoms with E-state index in [1.54, 1.807) is 0 Å². The quantitative estimate of drug-likeness (QED) is 0.674. The van der Waals surface area contributed by atoms with Crippen molar-refractivity contribution in [2.24, 2.45) is 0 Å². The van der Waals surface area contributed by atoms with Crippen molar-refractivity contribution in [3.05, 3.63) is 58.6 Å². The van der Waals surface area contributed by atoms with Crippen molar-refractivity contribution >= 4 is 40.3 Å². The Kier molecular flexibility index (Phi) is 5.81. The van der Waals surface area contributed by atoms with Gasteiger partial charge >= 0.3 is 0 Å². The highest BCUT2D eigenvalue weighted by atomic mass is 35.5. The van der Waals surface area contributed by atoms with Gasteiger partial charge in [-0.25, -0.2) is 0 Å². The highest BCUT2D eigenvalue weighted by Crippen LogP contribution is 2.24. The van der Waals surface area contributed by atoms with E-state index in [1.807, 2.05) is 25.1 Å². The van der Waals surface area contributed by atoms with Crippen molar-refractivity contribution in [3.63, 3.8) is 0 Å². The van der Waals surface area contributed by atoms with Crippen LogP contribution in [0.25, 0.3) is 0 Å². The fraction of sp³-hybridized carbons (Fsp3) is 0.278. The molecule has 0 aromatic heterocycles. The van der Waals surface area contributed by atoms with Gasteiger partial charge in [-0.2, -0.15) is 0 Å². The topological polar surface area (TPSA) is 24.1 Å². The molecular formula is C18H21ClN2S. The summed E-state index contributed by atoms with van der Waals surface area (Å²) in [6.07, 6.45) is 1.14. The molecule has 2 aromatic rings. The Hall–Kier alpha value is -1.58. The predicted octanol–water partition coefficient (Wildman–Crippen LogP) is 5.97. The zero-order chi connectivity index (χ0) is 16.1. The molecule has 2 N–H and O–H groups in total. The summed E-state index contributed by atoms with van der Waals surface area (Å²) < 4.78 is 0. The molecule has 0 aliphatic carbocycles. The second-order valence-electron chi connectivity index (χ2n) is 5.42. The molecule has 0 saturated heterocycles. The van der Waals surface area contributed by atoms with Gasteiger partial charge in [0.25, 0.3) is 0 Å². The normalized spacial score (nSPS) is 11.8. The summed E-state index contributed by atoms with van der Waals surface area (Å²) in [7, 11) is 0. The Labute approximate surface area is 142 Å². The predicted molar refractivity (Wildman–Crippen MR) is 101 cm³/mol. The van der Waals surface area contributed by atoms with Crippen LogP contribution in [0, 0.1) is 6.92 Å². The molecule has 22 heavy (non-hydrogen) atoms. The summed E-state index contributed by atoms with van der Waals surface area (Å²) in [5.41, 5.74) is 4.23. The zero-order valence-electron chi connectivity index (χ0n) is 13.1. The second-order valence-corrected chi connectivity index (χ2v) is 6.24. The minimum Gasteiger partial charge on any atom is -0.332 e. The summed E-state index contributed by atoms with van der Waals surface area (Å²) in [4.78, 5) is 0. The smallest absolute Gasteiger partial charge is 0.175 e. The molecule has 0 heterocycles. The first kappa shape index (κ1) is 16.8. The first-order chi connectivity index (χ1) is 10.5. The molecule has 0 aliphatic heterocycles. The summed E-state index contributed by atoms with van der Waals surface area (Å²) in [6.45, 7) is 6.40. The van der Waals surface area contributed by atoms with Crippen LogP contribution in [-0.4, -0.2) is 5.11 Å². The van der Waals surface area contributed by atoms with Gasteiger partial charge in [0.05, 0.1) is 0 Å². The van der Waals surface area contributed by atoms with Crippen molar-refractivity contribution in [1.29, 1.82) is 0 Å². The van der Waals surface area contributed by atoms with Crippen LogP contribution in [0.2, 0.25) is 5.02 Å². The van der Waals surface area contributed by atoms with E-state index in [-0.39, 0.29) is 0 Å². The third kappa shape index (κ3) is 4.21. The third-order valence-corrected chi connectivity index (χ3v) is 4.48. The molecule has 116 valence electrons. The Balaban J connectivity index is 2.01. The standard InChI is InChI=1S/C18H21ClN2S/c1-4-12(2)14-8-10-15(11-9-14)20-18(22)21-17-7-5-6-16(19)13(17)3/h5-12H,4H2,1-3H3,(H2,20,21,22). The number of benzene rings is 2. The van der Waals surface area contributed by atoms with Gasteiger partial charge in [-0.3, -0.25) is 0 Å². The Morgan fingerprint density at radius 1 is 1.14 bits per heavy atom. The first-order valence-electron chi connectivity index (χ1n) is 7.44. The van der Waals surface area contributed by atoms with Crippen LogP contribution in [0.1, 0.15) is 37.3 Å². The first-order valence-corrected chi connectivity index (χ1v) is 8.23. The maximum absolute atomic E-state index is 6.11. The van der Waals surface area contributed by atoms with Gasteiger partial charge in [0.1, 0.15) is 0 Å². The molecule has 0 amide bonds. The summed E-state index contributed by atoms with van der Waals surface area (Å²) in [5.74, 6) is 0.577. The van der Waals surface area contributed by atoms with Gasteiger partial charge in [0.15, 0.2) is 5.11 Å². The molecule has 0 radical (unpaired) electrons. The van der Waals surface area contributed by atoms with E-state index in [0.717, 1.165) is 28.4 Å². The molecule has 0 fully saturated rings. The monoisotopic (exact) mass is 332 g/mol. The highest BCUT2D eigenvalue weighted by Gasteiger charge is 2.05. The van der Waals surface area contributed by atoms with Crippen LogP contribution < -0.4 is 10.6 Å². The maximum atomic E-state index is 6.11. The van der Waals surface area contributed by atoms with E-state index in [1.165, 1.54) is 5.56 Å². The van der Waals surface area contributed by atoms with Crippen LogP contribution in [0.5, 0.6) is 0 Å². The van der Waals surface area contributed by atoms with Crippen LogP contribution in [0.4, 0.5) is 11.4 Å². The van der Waals surface area contributed by atoms with Crippen LogP contribution in [0.3, 0.4) is 0 Å². The number of rotatable bonds is 4. The van der Waals surface area contributed by atoms with Gasteiger partial charge in [-0.05, 0) is 66.9 Å². The van der Waals surface area contributed by atoms with Gasteiger partial charge in [0.2, 0.25) is 0 Å². The summed E-state index contributed by atoms with van der Waals surface area (Å²) >= 11 is 11.5. The fourth-order valence-corrected chi connectivity index (χ4v) is 2.56. The largest absolute Gasteiger partial charge is 0.332 e. The van der Waals surface area contributed by atoms with Crippen LogP contribution in [-0.2, 0) is 0 Å². The number of nitrogens with one attached hydrogen (secondary N) is 2. The van der Waals surface area contributed by atoms with E-state index in [2.05, 4.69) is 48.7 Å². The molecule has 2 aromatic carbocycles. The molecule has 0 bridgehead atoms. The Bertz CT molecular complexity index is 653. The molecule has 0 aliphatic rings. The minimum atomic E-state index is 0.557. The summed E-state index contributed by atoms with van der Waals surface area (Å²) in [6, 6.07) is 14.1. The number of hydrogen-bond acceptors (Lipinski definition) is 1. The van der Waals surface area contributed by atoms with E-state index in [0.29, 0.717) is 11.0 Å². The van der Waals surface area contributed by atoms with E-state index in [9.17, 15) is 0 Å². The van der Waals surface area contributed by atoms with Crippen molar-refractivity contribution in [2.45, 2.75) is 33.1 Å². The number of anilines is 2. The SMILES string of the molecule is CCC(C)c1ccc(NC(=S)Nc2cccc(Cl)c2C)cc1. The molecular weight excluding hydrogens is 312 g/mol. The number of hydrogen-bond donors (Lipinski definition) is 2. The van der Waals surface area contributed by atoms with Gasteiger partial charge in [-0.15, -0.1) is 0 Å². The lowest BCUT2D eigenvalue weighted by Crippen LogP contribution is -2.19. The molecule has 0 spiro atoms. The van der Waals surface area contributed by atoms with E-state index in [4.69, 9.17) is 23.8 Å². The van der Waals surface area contributed by atoms with Crippen molar-refractivity contribution in [2.75, 3.05) is 10.6 Å². The average molecular weight is 333 g/mol. The van der Waals surface area contributed by atoms with Crippen molar-refractivity contribution < 1.29 is 0 Å². The molecule has 0 saturated carbocycles. The molecule has 2 rings (SSSR count). The third-order valence-electron chi connectivity index (χ3n) is 3.87. The Morgan fingerprint density at radius 3 is 2.45 bits per heavy atom. The second kappa shape index (κ2) is 7.61. The van der Waals surface area contributed by atoms with Crippen LogP contribution in [0.15, 0.2) is 42.5 Å². The van der Waals surface area contributed by atoms with Gasteiger partial charge < -0.3 is 10.6 Å². The maximum Gasteiger partial charge on any atom is 0.175 e.